The summed E-state index contributed by atoms with van der Waals surface area (Å²) in [6, 6.07) is 9.96. The van der Waals surface area contributed by atoms with Crippen LogP contribution in [-0.4, -0.2) is 17.4 Å². The second-order valence-electron chi connectivity index (χ2n) is 4.88. The SMILES string of the molecule is CC.CC(C)CN1C(=O)C=C(c2ccccc2)C1=C(Br)Br. The number of benzene rings is 1. The quantitative estimate of drug-likeness (QED) is 0.634. The second-order valence-corrected chi connectivity index (χ2v) is 7.53. The van der Waals surface area contributed by atoms with Crippen LogP contribution in [0, 0.1) is 5.92 Å². The average molecular weight is 415 g/mol. The van der Waals surface area contributed by atoms with Gasteiger partial charge in [-0.3, -0.25) is 4.79 Å². The molecular weight excluding hydrogens is 394 g/mol. The molecule has 0 spiro atoms. The van der Waals surface area contributed by atoms with Crippen LogP contribution in [0.4, 0.5) is 0 Å². The van der Waals surface area contributed by atoms with Gasteiger partial charge in [0.05, 0.1) is 9.09 Å². The lowest BCUT2D eigenvalue weighted by atomic mass is 10.0. The monoisotopic (exact) mass is 413 g/mol. The van der Waals surface area contributed by atoms with Gasteiger partial charge in [0.25, 0.3) is 5.91 Å². The second kappa shape index (κ2) is 8.54. The molecule has 4 heteroatoms. The van der Waals surface area contributed by atoms with Crippen LogP contribution >= 0.6 is 31.9 Å². The van der Waals surface area contributed by atoms with Gasteiger partial charge in [-0.15, -0.1) is 0 Å². The van der Waals surface area contributed by atoms with Crippen molar-refractivity contribution in [2.24, 2.45) is 5.92 Å². The zero-order valence-corrected chi connectivity index (χ0v) is 16.0. The predicted molar refractivity (Wildman–Crippen MR) is 97.2 cm³/mol. The Morgan fingerprint density at radius 3 is 2.19 bits per heavy atom. The summed E-state index contributed by atoms with van der Waals surface area (Å²) >= 11 is 6.92. The average Bonchev–Trinajstić information content (AvgIpc) is 2.79. The summed E-state index contributed by atoms with van der Waals surface area (Å²) < 4.78 is 0.807. The maximum absolute atomic E-state index is 12.2. The highest BCUT2D eigenvalue weighted by Gasteiger charge is 2.30. The van der Waals surface area contributed by atoms with Crippen LogP contribution in [0.5, 0.6) is 0 Å². The smallest absolute Gasteiger partial charge is 0.251 e. The Labute approximate surface area is 144 Å². The van der Waals surface area contributed by atoms with Gasteiger partial charge < -0.3 is 4.90 Å². The van der Waals surface area contributed by atoms with Crippen LogP contribution in [0.2, 0.25) is 0 Å². The number of carbonyl (C=O) groups excluding carboxylic acids is 1. The van der Waals surface area contributed by atoms with Gasteiger partial charge in [-0.1, -0.05) is 58.0 Å². The third-order valence-corrected chi connectivity index (χ3v) is 3.62. The molecule has 2 nitrogen and oxygen atoms in total. The topological polar surface area (TPSA) is 20.3 Å². The molecule has 0 atom stereocenters. The lowest BCUT2D eigenvalue weighted by molar-refractivity contribution is -0.123. The minimum absolute atomic E-state index is 0.0407. The van der Waals surface area contributed by atoms with E-state index in [-0.39, 0.29) is 5.91 Å². The Morgan fingerprint density at radius 1 is 1.14 bits per heavy atom. The predicted octanol–water partition coefficient (Wildman–Crippen LogP) is 5.55. The lowest BCUT2D eigenvalue weighted by Crippen LogP contribution is -2.28. The molecule has 0 fully saturated rings. The fraction of sp³-hybridized carbons (Fsp3) is 0.353. The number of nitrogens with zero attached hydrogens (tertiary/aromatic N) is 1. The van der Waals surface area contributed by atoms with E-state index in [9.17, 15) is 4.79 Å². The molecule has 0 aromatic heterocycles. The normalized spacial score (nSPS) is 14.0. The van der Waals surface area contributed by atoms with Crippen LogP contribution in [0.25, 0.3) is 5.57 Å². The fourth-order valence-corrected chi connectivity index (χ4v) is 2.97. The van der Waals surface area contributed by atoms with Crippen LogP contribution in [0.1, 0.15) is 33.3 Å². The molecule has 1 aliphatic rings. The number of amides is 1. The summed E-state index contributed by atoms with van der Waals surface area (Å²) in [6.45, 7) is 8.92. The van der Waals surface area contributed by atoms with E-state index >= 15 is 0 Å². The van der Waals surface area contributed by atoms with Gasteiger partial charge in [0.15, 0.2) is 0 Å². The van der Waals surface area contributed by atoms with Crippen molar-refractivity contribution in [3.8, 4) is 0 Å². The first kappa shape index (κ1) is 18.2. The summed E-state index contributed by atoms with van der Waals surface area (Å²) in [5.41, 5.74) is 2.91. The molecule has 0 unspecified atom stereocenters. The first-order valence-corrected chi connectivity index (χ1v) is 8.73. The molecule has 0 aliphatic carbocycles. The summed E-state index contributed by atoms with van der Waals surface area (Å²) in [6.07, 6.45) is 1.70. The highest BCUT2D eigenvalue weighted by atomic mass is 79.9. The molecule has 0 bridgehead atoms. The Hall–Kier alpha value is -0.870. The fourth-order valence-electron chi connectivity index (χ4n) is 2.11. The molecule has 21 heavy (non-hydrogen) atoms. The Morgan fingerprint density at radius 2 is 1.71 bits per heavy atom. The van der Waals surface area contributed by atoms with Crippen LogP contribution in [0.15, 0.2) is 45.5 Å². The number of hydrogen-bond acceptors (Lipinski definition) is 1. The summed E-state index contributed by atoms with van der Waals surface area (Å²) in [5, 5.41) is 0. The number of rotatable bonds is 3. The van der Waals surface area contributed by atoms with E-state index in [2.05, 4.69) is 45.7 Å². The van der Waals surface area contributed by atoms with Crippen molar-refractivity contribution in [3.63, 3.8) is 0 Å². The van der Waals surface area contributed by atoms with E-state index < -0.39 is 0 Å². The van der Waals surface area contributed by atoms with Gasteiger partial charge in [-0.25, -0.2) is 0 Å². The van der Waals surface area contributed by atoms with Crippen molar-refractivity contribution >= 4 is 43.3 Å². The largest absolute Gasteiger partial charge is 0.306 e. The highest BCUT2D eigenvalue weighted by Crippen LogP contribution is 2.38. The highest BCUT2D eigenvalue weighted by molar-refractivity contribution is 9.28. The van der Waals surface area contributed by atoms with Crippen molar-refractivity contribution in [3.05, 3.63) is 51.1 Å². The molecule has 2 rings (SSSR count). The number of hydrogen-bond donors (Lipinski definition) is 0. The minimum atomic E-state index is 0.0407. The maximum atomic E-state index is 12.2. The van der Waals surface area contributed by atoms with Crippen LogP contribution < -0.4 is 0 Å². The lowest BCUT2D eigenvalue weighted by Gasteiger charge is -2.22. The van der Waals surface area contributed by atoms with Gasteiger partial charge in [-0.2, -0.15) is 0 Å². The van der Waals surface area contributed by atoms with Crippen LogP contribution in [0.3, 0.4) is 0 Å². The molecule has 114 valence electrons. The molecule has 1 aromatic carbocycles. The van der Waals surface area contributed by atoms with E-state index in [4.69, 9.17) is 0 Å². The van der Waals surface area contributed by atoms with Gasteiger partial charge >= 0.3 is 0 Å². The standard InChI is InChI=1S/C15H15Br2NO.C2H6/c1-10(2)9-18-13(19)8-12(14(18)15(16)17)11-6-4-3-5-7-11;1-2/h3-8,10H,9H2,1-2H3;1-2H3. The molecular formula is C17H21Br2NO. The van der Waals surface area contributed by atoms with Gasteiger partial charge in [0.2, 0.25) is 0 Å². The van der Waals surface area contributed by atoms with E-state index in [1.807, 2.05) is 49.1 Å². The third-order valence-electron chi connectivity index (χ3n) is 2.87. The van der Waals surface area contributed by atoms with E-state index in [0.717, 1.165) is 20.2 Å². The van der Waals surface area contributed by atoms with E-state index in [0.29, 0.717) is 12.5 Å². The molecule has 1 aliphatic heterocycles. The van der Waals surface area contributed by atoms with Crippen molar-refractivity contribution in [1.29, 1.82) is 0 Å². The van der Waals surface area contributed by atoms with Crippen LogP contribution in [-0.2, 0) is 4.79 Å². The van der Waals surface area contributed by atoms with Crippen molar-refractivity contribution < 1.29 is 4.79 Å². The molecule has 0 N–H and O–H groups in total. The molecule has 0 saturated carbocycles. The van der Waals surface area contributed by atoms with Gasteiger partial charge in [-0.05, 0) is 43.3 Å². The summed E-state index contributed by atoms with van der Waals surface area (Å²) in [7, 11) is 0. The zero-order valence-electron chi connectivity index (χ0n) is 12.9. The molecule has 1 amide bonds. The summed E-state index contributed by atoms with van der Waals surface area (Å²) in [4.78, 5) is 14.0. The van der Waals surface area contributed by atoms with Crippen molar-refractivity contribution in [2.45, 2.75) is 27.7 Å². The van der Waals surface area contributed by atoms with Crippen molar-refractivity contribution in [2.75, 3.05) is 6.54 Å². The molecule has 1 heterocycles. The Bertz CT molecular complexity index is 543. The first-order chi connectivity index (χ1) is 10.0. The first-order valence-electron chi connectivity index (χ1n) is 7.15. The van der Waals surface area contributed by atoms with E-state index in [1.165, 1.54) is 0 Å². The third kappa shape index (κ3) is 4.55. The zero-order chi connectivity index (χ0) is 16.0. The number of carbonyl (C=O) groups is 1. The molecule has 1 aromatic rings. The van der Waals surface area contributed by atoms with Gasteiger partial charge in [0.1, 0.15) is 0 Å². The van der Waals surface area contributed by atoms with Crippen molar-refractivity contribution in [1.82, 2.24) is 4.90 Å². The Balaban J connectivity index is 0.00000106. The molecule has 0 saturated heterocycles. The van der Waals surface area contributed by atoms with Gasteiger partial charge in [0, 0.05) is 18.2 Å². The minimum Gasteiger partial charge on any atom is -0.306 e. The number of allylic oxidation sites excluding steroid dienone is 1. The Kier molecular flexibility index (Phi) is 7.40. The molecule has 0 radical (unpaired) electrons. The van der Waals surface area contributed by atoms with E-state index in [1.54, 1.807) is 6.08 Å². The number of halogens is 2. The summed E-state index contributed by atoms with van der Waals surface area (Å²) in [5.74, 6) is 0.459. The maximum Gasteiger partial charge on any atom is 0.251 e.